The van der Waals surface area contributed by atoms with Crippen LogP contribution in [0.5, 0.6) is 0 Å². The first-order valence-corrected chi connectivity index (χ1v) is 10.2. The molecule has 0 atom stereocenters. The second-order valence-electron chi connectivity index (χ2n) is 7.17. The van der Waals surface area contributed by atoms with E-state index in [4.69, 9.17) is 4.74 Å². The molecule has 0 spiro atoms. The smallest absolute Gasteiger partial charge is 0.226 e. The largest absolute Gasteiger partial charge is 0.385 e. The third-order valence-corrected chi connectivity index (χ3v) is 4.93. The minimum atomic E-state index is 0.230. The number of rotatable bonds is 10. The fourth-order valence-electron chi connectivity index (χ4n) is 3.23. The van der Waals surface area contributed by atoms with Crippen LogP contribution >= 0.6 is 0 Å². The van der Waals surface area contributed by atoms with Crippen LogP contribution in [0.4, 0.5) is 5.69 Å². The van der Waals surface area contributed by atoms with Crippen molar-refractivity contribution in [3.05, 3.63) is 29.8 Å². The number of aliphatic imine (C=N–C) groups is 1. The number of piperidine rings is 1. The van der Waals surface area contributed by atoms with Crippen molar-refractivity contribution < 1.29 is 9.53 Å². The highest BCUT2D eigenvalue weighted by Crippen LogP contribution is 2.21. The zero-order valence-corrected chi connectivity index (χ0v) is 17.5. The number of anilines is 1. The minimum absolute atomic E-state index is 0.230. The van der Waals surface area contributed by atoms with E-state index in [2.05, 4.69) is 39.7 Å². The van der Waals surface area contributed by atoms with E-state index >= 15 is 0 Å². The zero-order chi connectivity index (χ0) is 20.2. The number of ether oxygens (including phenoxy) is 1. The van der Waals surface area contributed by atoms with Crippen molar-refractivity contribution in [1.29, 1.82) is 0 Å². The molecule has 28 heavy (non-hydrogen) atoms. The normalized spacial score (nSPS) is 15.2. The standard InChI is InChI=1S/C21H35N5O2/c1-22-21(23-12-15-25(2)13-6-16-28-3)24-17-18-8-10-19(11-9-18)26-14-5-4-7-20(26)27/h8-11H,4-7,12-17H2,1-3H3,(H2,22,23,24). The lowest BCUT2D eigenvalue weighted by molar-refractivity contribution is -0.119. The van der Waals surface area contributed by atoms with Crippen molar-refractivity contribution in [2.45, 2.75) is 32.2 Å². The molecule has 0 aliphatic carbocycles. The summed E-state index contributed by atoms with van der Waals surface area (Å²) in [5.74, 6) is 1.02. The van der Waals surface area contributed by atoms with Crippen molar-refractivity contribution in [2.75, 3.05) is 58.9 Å². The molecule has 0 bridgehead atoms. The van der Waals surface area contributed by atoms with Gasteiger partial charge in [0.25, 0.3) is 0 Å². The fourth-order valence-corrected chi connectivity index (χ4v) is 3.23. The average Bonchev–Trinajstić information content (AvgIpc) is 2.71. The van der Waals surface area contributed by atoms with Gasteiger partial charge in [-0.1, -0.05) is 12.1 Å². The van der Waals surface area contributed by atoms with Crippen LogP contribution < -0.4 is 15.5 Å². The molecular weight excluding hydrogens is 354 g/mol. The van der Waals surface area contributed by atoms with E-state index in [1.54, 1.807) is 14.2 Å². The second kappa shape index (κ2) is 12.4. The van der Waals surface area contributed by atoms with Gasteiger partial charge in [-0.25, -0.2) is 0 Å². The van der Waals surface area contributed by atoms with Gasteiger partial charge >= 0.3 is 0 Å². The summed E-state index contributed by atoms with van der Waals surface area (Å²) in [6, 6.07) is 8.21. The van der Waals surface area contributed by atoms with Crippen LogP contribution in [0.15, 0.2) is 29.3 Å². The van der Waals surface area contributed by atoms with Gasteiger partial charge < -0.3 is 25.2 Å². The maximum absolute atomic E-state index is 12.0. The molecule has 1 saturated heterocycles. The van der Waals surface area contributed by atoms with Gasteiger partial charge in [0.1, 0.15) is 0 Å². The molecule has 1 heterocycles. The molecule has 1 aliphatic rings. The van der Waals surface area contributed by atoms with Gasteiger partial charge in [-0.05, 0) is 44.0 Å². The van der Waals surface area contributed by atoms with Crippen LogP contribution in [0.25, 0.3) is 0 Å². The van der Waals surface area contributed by atoms with E-state index in [9.17, 15) is 4.79 Å². The quantitative estimate of drug-likeness (QED) is 0.363. The lowest BCUT2D eigenvalue weighted by Gasteiger charge is -2.26. The third kappa shape index (κ3) is 7.48. The van der Waals surface area contributed by atoms with E-state index in [-0.39, 0.29) is 5.91 Å². The Morgan fingerprint density at radius 3 is 2.68 bits per heavy atom. The molecule has 1 fully saturated rings. The number of likely N-dealkylation sites (N-methyl/N-ethyl adjacent to an activating group) is 1. The lowest BCUT2D eigenvalue weighted by Crippen LogP contribution is -2.40. The highest BCUT2D eigenvalue weighted by Gasteiger charge is 2.19. The van der Waals surface area contributed by atoms with Crippen molar-refractivity contribution in [1.82, 2.24) is 15.5 Å². The Morgan fingerprint density at radius 2 is 2.00 bits per heavy atom. The van der Waals surface area contributed by atoms with Crippen molar-refractivity contribution >= 4 is 17.6 Å². The second-order valence-corrected chi connectivity index (χ2v) is 7.17. The predicted octanol–water partition coefficient (Wildman–Crippen LogP) is 1.84. The Labute approximate surface area is 169 Å². The summed E-state index contributed by atoms with van der Waals surface area (Å²) in [5.41, 5.74) is 2.15. The van der Waals surface area contributed by atoms with Gasteiger partial charge in [0.2, 0.25) is 5.91 Å². The van der Waals surface area contributed by atoms with E-state index in [1.807, 2.05) is 17.0 Å². The van der Waals surface area contributed by atoms with Crippen LogP contribution in [0.3, 0.4) is 0 Å². The number of methoxy groups -OCH3 is 1. The van der Waals surface area contributed by atoms with Crippen LogP contribution in [0.2, 0.25) is 0 Å². The van der Waals surface area contributed by atoms with Crippen LogP contribution in [-0.2, 0) is 16.1 Å². The Bertz CT molecular complexity index is 618. The summed E-state index contributed by atoms with van der Waals surface area (Å²) in [6.07, 6.45) is 3.79. The summed E-state index contributed by atoms with van der Waals surface area (Å²) in [4.78, 5) is 20.5. The molecule has 0 saturated carbocycles. The SMILES string of the molecule is CN=C(NCCN(C)CCCOC)NCc1ccc(N2CCCCC2=O)cc1. The van der Waals surface area contributed by atoms with Gasteiger partial charge in [0.15, 0.2) is 5.96 Å². The molecular formula is C21H35N5O2. The molecule has 1 aliphatic heterocycles. The van der Waals surface area contributed by atoms with Gasteiger partial charge in [-0.2, -0.15) is 0 Å². The number of carbonyl (C=O) groups excluding carboxylic acids is 1. The van der Waals surface area contributed by atoms with E-state index in [0.717, 1.165) is 69.3 Å². The van der Waals surface area contributed by atoms with Crippen molar-refractivity contribution in [3.63, 3.8) is 0 Å². The molecule has 1 aromatic carbocycles. The van der Waals surface area contributed by atoms with Gasteiger partial charge in [0.05, 0.1) is 0 Å². The molecule has 2 N–H and O–H groups in total. The highest BCUT2D eigenvalue weighted by atomic mass is 16.5. The van der Waals surface area contributed by atoms with Crippen LogP contribution in [-0.4, -0.2) is 70.8 Å². The molecule has 1 amide bonds. The summed E-state index contributed by atoms with van der Waals surface area (Å²) in [5, 5.41) is 6.68. The number of amides is 1. The van der Waals surface area contributed by atoms with Crippen LogP contribution in [0.1, 0.15) is 31.2 Å². The number of nitrogens with one attached hydrogen (secondary N) is 2. The first-order valence-electron chi connectivity index (χ1n) is 10.2. The Balaban J connectivity index is 1.72. The van der Waals surface area contributed by atoms with E-state index in [0.29, 0.717) is 13.0 Å². The highest BCUT2D eigenvalue weighted by molar-refractivity contribution is 5.93. The Hall–Kier alpha value is -2.12. The molecule has 0 unspecified atom stereocenters. The molecule has 0 radical (unpaired) electrons. The number of benzene rings is 1. The molecule has 2 rings (SSSR count). The maximum Gasteiger partial charge on any atom is 0.226 e. The number of hydrogen-bond donors (Lipinski definition) is 2. The fraction of sp³-hybridized carbons (Fsp3) is 0.619. The van der Waals surface area contributed by atoms with Crippen molar-refractivity contribution in [3.8, 4) is 0 Å². The van der Waals surface area contributed by atoms with Gasteiger partial charge in [0, 0.05) is 65.6 Å². The summed E-state index contributed by atoms with van der Waals surface area (Å²) < 4.78 is 5.08. The molecule has 1 aromatic rings. The first kappa shape index (κ1) is 22.2. The summed E-state index contributed by atoms with van der Waals surface area (Å²) in [6.45, 7) is 5.12. The first-order chi connectivity index (χ1) is 13.6. The molecule has 7 nitrogen and oxygen atoms in total. The van der Waals surface area contributed by atoms with Crippen molar-refractivity contribution in [2.24, 2.45) is 4.99 Å². The Kier molecular flexibility index (Phi) is 9.79. The number of hydrogen-bond acceptors (Lipinski definition) is 4. The zero-order valence-electron chi connectivity index (χ0n) is 17.5. The van der Waals surface area contributed by atoms with Gasteiger partial charge in [-0.3, -0.25) is 9.79 Å². The lowest BCUT2D eigenvalue weighted by atomic mass is 10.1. The monoisotopic (exact) mass is 389 g/mol. The summed E-state index contributed by atoms with van der Waals surface area (Å²) >= 11 is 0. The van der Waals surface area contributed by atoms with Crippen LogP contribution in [0, 0.1) is 0 Å². The average molecular weight is 390 g/mol. The van der Waals surface area contributed by atoms with Gasteiger partial charge in [-0.15, -0.1) is 0 Å². The molecule has 0 aromatic heterocycles. The maximum atomic E-state index is 12.0. The minimum Gasteiger partial charge on any atom is -0.385 e. The van der Waals surface area contributed by atoms with E-state index in [1.165, 1.54) is 0 Å². The summed E-state index contributed by atoms with van der Waals surface area (Å²) in [7, 11) is 5.63. The molecule has 7 heteroatoms. The topological polar surface area (TPSA) is 69.2 Å². The number of nitrogens with zero attached hydrogens (tertiary/aromatic N) is 3. The Morgan fingerprint density at radius 1 is 1.21 bits per heavy atom. The third-order valence-electron chi connectivity index (χ3n) is 4.93. The number of guanidine groups is 1. The van der Waals surface area contributed by atoms with E-state index < -0.39 is 0 Å². The number of carbonyl (C=O) groups is 1. The predicted molar refractivity (Wildman–Crippen MR) is 115 cm³/mol. The molecule has 156 valence electrons.